The number of nitrogens with zero attached hydrogens (tertiary/aromatic N) is 3. The molecule has 0 radical (unpaired) electrons. The molecule has 2 fully saturated rings. The summed E-state index contributed by atoms with van der Waals surface area (Å²) in [6.07, 6.45) is 5.53. The van der Waals surface area contributed by atoms with Crippen LogP contribution in [0.25, 0.3) is 0 Å². The number of pyridine rings is 1. The fourth-order valence-corrected chi connectivity index (χ4v) is 5.88. The van der Waals surface area contributed by atoms with Gasteiger partial charge in [-0.25, -0.2) is 13.4 Å². The van der Waals surface area contributed by atoms with Crippen LogP contribution in [0.3, 0.4) is 0 Å². The smallest absolute Gasteiger partial charge is 0.150 e. The molecule has 1 aromatic heterocycles. The van der Waals surface area contributed by atoms with Gasteiger partial charge in [0.15, 0.2) is 0 Å². The van der Waals surface area contributed by atoms with Gasteiger partial charge in [0, 0.05) is 54.2 Å². The van der Waals surface area contributed by atoms with E-state index in [1.807, 2.05) is 18.2 Å². The highest BCUT2D eigenvalue weighted by atomic mass is 35.5. The fourth-order valence-electron chi connectivity index (χ4n) is 4.73. The molecule has 2 unspecified atom stereocenters. The number of morpholine rings is 1. The third kappa shape index (κ3) is 6.35. The first-order valence-electron chi connectivity index (χ1n) is 10.9. The average Bonchev–Trinajstić information content (AvgIpc) is 2.75. The highest BCUT2D eigenvalue weighted by Crippen LogP contribution is 2.28. The van der Waals surface area contributed by atoms with Crippen molar-refractivity contribution in [3.63, 3.8) is 0 Å². The normalized spacial score (nSPS) is 23.4. The Kier molecular flexibility index (Phi) is 7.62. The molecule has 0 bridgehead atoms. The van der Waals surface area contributed by atoms with Gasteiger partial charge in [0.2, 0.25) is 0 Å². The van der Waals surface area contributed by atoms with Crippen molar-refractivity contribution in [1.29, 1.82) is 0 Å². The maximum absolute atomic E-state index is 11.9. The summed E-state index contributed by atoms with van der Waals surface area (Å²) in [6, 6.07) is 12.2. The highest BCUT2D eigenvalue weighted by molar-refractivity contribution is 7.90. The quantitative estimate of drug-likeness (QED) is 0.605. The summed E-state index contributed by atoms with van der Waals surface area (Å²) in [5, 5.41) is 1.41. The number of benzene rings is 1. The number of sulfone groups is 1. The van der Waals surface area contributed by atoms with Crippen LogP contribution in [0.15, 0.2) is 42.6 Å². The number of rotatable bonds is 6. The number of piperidine rings is 1. The summed E-state index contributed by atoms with van der Waals surface area (Å²) in [7, 11) is -3.10. The van der Waals surface area contributed by atoms with Crippen molar-refractivity contribution >= 4 is 38.9 Å². The van der Waals surface area contributed by atoms with Gasteiger partial charge in [-0.05, 0) is 49.1 Å². The fraction of sp³-hybridized carbons (Fsp3) is 0.522. The van der Waals surface area contributed by atoms with Crippen molar-refractivity contribution in [3.05, 3.63) is 58.2 Å². The maximum atomic E-state index is 11.9. The van der Waals surface area contributed by atoms with Crippen molar-refractivity contribution in [1.82, 2.24) is 9.88 Å². The topological polar surface area (TPSA) is 62.7 Å². The first-order chi connectivity index (χ1) is 15.3. The van der Waals surface area contributed by atoms with E-state index >= 15 is 0 Å². The van der Waals surface area contributed by atoms with Crippen LogP contribution >= 0.6 is 23.2 Å². The second kappa shape index (κ2) is 10.3. The van der Waals surface area contributed by atoms with Crippen molar-refractivity contribution < 1.29 is 13.2 Å². The van der Waals surface area contributed by atoms with E-state index in [1.165, 1.54) is 11.8 Å². The molecule has 2 aliphatic heterocycles. The molecule has 4 rings (SSSR count). The van der Waals surface area contributed by atoms with Gasteiger partial charge in [-0.1, -0.05) is 35.3 Å². The van der Waals surface area contributed by atoms with Gasteiger partial charge in [-0.3, -0.25) is 4.90 Å². The number of anilines is 1. The van der Waals surface area contributed by atoms with Gasteiger partial charge in [-0.15, -0.1) is 0 Å². The second-order valence-corrected chi connectivity index (χ2v) is 11.8. The Balaban J connectivity index is 1.46. The molecular formula is C23H29Cl2N3O3S. The zero-order valence-electron chi connectivity index (χ0n) is 18.2. The predicted octanol–water partition coefficient (Wildman–Crippen LogP) is 3.71. The number of aromatic nitrogens is 1. The first-order valence-corrected chi connectivity index (χ1v) is 13.7. The highest BCUT2D eigenvalue weighted by Gasteiger charge is 2.36. The molecule has 0 N–H and O–H groups in total. The minimum absolute atomic E-state index is 0.0580. The summed E-state index contributed by atoms with van der Waals surface area (Å²) in [5.74, 6) is 0.966. The molecule has 2 saturated heterocycles. The van der Waals surface area contributed by atoms with Crippen LogP contribution in [0.4, 0.5) is 5.82 Å². The second-order valence-electron chi connectivity index (χ2n) is 8.78. The molecule has 0 saturated carbocycles. The third-order valence-electron chi connectivity index (χ3n) is 6.25. The van der Waals surface area contributed by atoms with Crippen LogP contribution in [0.1, 0.15) is 18.4 Å². The standard InChI is InChI=1S/C23H29Cl2N3O3S/c1-32(29,30)16-22-14-28(21(15-31-22)12-17-2-4-18(24)5-3-17)20-7-10-27(11-8-20)23-13-19(25)6-9-26-23/h2-6,9,13,20-22H,7-8,10-12,14-16H2,1H3. The first kappa shape index (κ1) is 23.8. The van der Waals surface area contributed by atoms with Crippen LogP contribution in [-0.4, -0.2) is 74.7 Å². The minimum Gasteiger partial charge on any atom is -0.374 e. The van der Waals surface area contributed by atoms with Crippen LogP contribution < -0.4 is 4.90 Å². The summed E-state index contributed by atoms with van der Waals surface area (Å²) in [6.45, 7) is 2.93. The van der Waals surface area contributed by atoms with Gasteiger partial charge in [-0.2, -0.15) is 0 Å². The zero-order valence-corrected chi connectivity index (χ0v) is 20.5. The molecule has 0 aliphatic carbocycles. The molecule has 174 valence electrons. The SMILES string of the molecule is CS(=O)(=O)CC1CN(C2CCN(c3cc(Cl)ccn3)CC2)C(Cc2ccc(Cl)cc2)CO1. The van der Waals surface area contributed by atoms with Crippen molar-refractivity contribution in [3.8, 4) is 0 Å². The molecule has 6 nitrogen and oxygen atoms in total. The van der Waals surface area contributed by atoms with Crippen LogP contribution in [0.2, 0.25) is 10.0 Å². The Morgan fingerprint density at radius 2 is 1.81 bits per heavy atom. The van der Waals surface area contributed by atoms with Gasteiger partial charge >= 0.3 is 0 Å². The Bertz CT molecular complexity index is 1010. The van der Waals surface area contributed by atoms with Crippen molar-refractivity contribution in [2.45, 2.75) is 37.5 Å². The lowest BCUT2D eigenvalue weighted by atomic mass is 9.96. The monoisotopic (exact) mass is 497 g/mol. The van der Waals surface area contributed by atoms with E-state index in [-0.39, 0.29) is 17.9 Å². The largest absolute Gasteiger partial charge is 0.374 e. The number of hydrogen-bond acceptors (Lipinski definition) is 6. The molecule has 2 aliphatic rings. The van der Waals surface area contributed by atoms with E-state index in [0.29, 0.717) is 24.2 Å². The Morgan fingerprint density at radius 3 is 2.47 bits per heavy atom. The molecule has 32 heavy (non-hydrogen) atoms. The van der Waals surface area contributed by atoms with Gasteiger partial charge in [0.25, 0.3) is 0 Å². The van der Waals surface area contributed by atoms with E-state index < -0.39 is 9.84 Å². The van der Waals surface area contributed by atoms with E-state index in [4.69, 9.17) is 27.9 Å². The average molecular weight is 498 g/mol. The Morgan fingerprint density at radius 1 is 1.09 bits per heavy atom. The minimum atomic E-state index is -3.10. The van der Waals surface area contributed by atoms with E-state index in [1.54, 1.807) is 12.3 Å². The molecule has 9 heteroatoms. The predicted molar refractivity (Wildman–Crippen MR) is 130 cm³/mol. The summed E-state index contributed by atoms with van der Waals surface area (Å²) in [4.78, 5) is 9.21. The van der Waals surface area contributed by atoms with E-state index in [9.17, 15) is 8.42 Å². The number of hydrogen-bond donors (Lipinski definition) is 0. The van der Waals surface area contributed by atoms with Gasteiger partial charge < -0.3 is 9.64 Å². The van der Waals surface area contributed by atoms with Crippen LogP contribution in [0, 0.1) is 0 Å². The number of halogens is 2. The zero-order chi connectivity index (χ0) is 22.7. The van der Waals surface area contributed by atoms with E-state index in [2.05, 4.69) is 26.9 Å². The summed E-state index contributed by atoms with van der Waals surface area (Å²) in [5.41, 5.74) is 1.20. The summed E-state index contributed by atoms with van der Waals surface area (Å²) >= 11 is 12.2. The van der Waals surface area contributed by atoms with Gasteiger partial charge in [0.1, 0.15) is 15.7 Å². The van der Waals surface area contributed by atoms with Crippen LogP contribution in [-0.2, 0) is 21.0 Å². The molecule has 2 atom stereocenters. The molecule has 0 amide bonds. The molecule has 0 spiro atoms. The Hall–Kier alpha value is -1.38. The summed E-state index contributed by atoms with van der Waals surface area (Å²) < 4.78 is 29.8. The lowest BCUT2D eigenvalue weighted by molar-refractivity contribution is -0.0731. The number of ether oxygens (including phenoxy) is 1. The van der Waals surface area contributed by atoms with Crippen molar-refractivity contribution in [2.75, 3.05) is 43.1 Å². The molecule has 2 aromatic rings. The van der Waals surface area contributed by atoms with Crippen molar-refractivity contribution in [2.24, 2.45) is 0 Å². The third-order valence-corrected chi connectivity index (χ3v) is 7.71. The molecule has 3 heterocycles. The van der Waals surface area contributed by atoms with Gasteiger partial charge in [0.05, 0.1) is 18.5 Å². The molecule has 1 aromatic carbocycles. The molecular weight excluding hydrogens is 469 g/mol. The van der Waals surface area contributed by atoms with E-state index in [0.717, 1.165) is 43.2 Å². The van der Waals surface area contributed by atoms with Crippen LogP contribution in [0.5, 0.6) is 0 Å². The maximum Gasteiger partial charge on any atom is 0.150 e. The lowest BCUT2D eigenvalue weighted by Crippen LogP contribution is -2.58. The Labute approximate surface area is 200 Å². The lowest BCUT2D eigenvalue weighted by Gasteiger charge is -2.47.